The van der Waals surface area contributed by atoms with Gasteiger partial charge in [0.05, 0.1) is 11.6 Å². The van der Waals surface area contributed by atoms with Crippen molar-refractivity contribution >= 4 is 23.9 Å². The van der Waals surface area contributed by atoms with E-state index in [1.54, 1.807) is 24.3 Å². The molecule has 1 rings (SSSR count). The number of aliphatic carboxylic acids is 1. The summed E-state index contributed by atoms with van der Waals surface area (Å²) >= 11 is 0. The molecular formula is C14H13N3O4. The van der Waals surface area contributed by atoms with Crippen LogP contribution in [0.15, 0.2) is 30.3 Å². The van der Waals surface area contributed by atoms with Gasteiger partial charge in [-0.25, -0.2) is 0 Å². The fourth-order valence-corrected chi connectivity index (χ4v) is 1.50. The zero-order valence-electron chi connectivity index (χ0n) is 11.0. The van der Waals surface area contributed by atoms with Gasteiger partial charge in [0, 0.05) is 6.08 Å². The van der Waals surface area contributed by atoms with Crippen LogP contribution < -0.4 is 5.73 Å². The van der Waals surface area contributed by atoms with Gasteiger partial charge in [-0.3, -0.25) is 14.4 Å². The summed E-state index contributed by atoms with van der Waals surface area (Å²) in [6.45, 7) is -1.08. The summed E-state index contributed by atoms with van der Waals surface area (Å²) in [5.41, 5.74) is 6.12. The highest BCUT2D eigenvalue weighted by molar-refractivity contribution is 5.95. The number of primary amides is 1. The highest BCUT2D eigenvalue weighted by Crippen LogP contribution is 2.05. The van der Waals surface area contributed by atoms with Crippen molar-refractivity contribution in [3.8, 4) is 6.07 Å². The van der Waals surface area contributed by atoms with Crippen LogP contribution in [0, 0.1) is 11.3 Å². The minimum atomic E-state index is -1.24. The van der Waals surface area contributed by atoms with Crippen molar-refractivity contribution in [1.29, 1.82) is 5.26 Å². The molecule has 0 aliphatic carbocycles. The van der Waals surface area contributed by atoms with E-state index in [4.69, 9.17) is 16.1 Å². The maximum atomic E-state index is 11.8. The highest BCUT2D eigenvalue weighted by atomic mass is 16.4. The lowest BCUT2D eigenvalue weighted by Crippen LogP contribution is -2.40. The predicted octanol–water partition coefficient (Wildman–Crippen LogP) is -0.0300. The first-order valence-corrected chi connectivity index (χ1v) is 5.89. The quantitative estimate of drug-likeness (QED) is 0.711. The summed E-state index contributed by atoms with van der Waals surface area (Å²) in [5.74, 6) is -2.67. The van der Waals surface area contributed by atoms with Crippen LogP contribution in [0.1, 0.15) is 11.1 Å². The summed E-state index contributed by atoms with van der Waals surface area (Å²) in [4.78, 5) is 34.1. The molecule has 0 aliphatic heterocycles. The lowest BCUT2D eigenvalue weighted by molar-refractivity contribution is -0.143. The van der Waals surface area contributed by atoms with E-state index in [1.165, 1.54) is 6.08 Å². The second-order valence-electron chi connectivity index (χ2n) is 4.12. The van der Waals surface area contributed by atoms with Gasteiger partial charge in [0.15, 0.2) is 0 Å². The van der Waals surface area contributed by atoms with Gasteiger partial charge in [0.25, 0.3) is 0 Å². The lowest BCUT2D eigenvalue weighted by Gasteiger charge is -2.16. The summed E-state index contributed by atoms with van der Waals surface area (Å²) in [5, 5.41) is 17.3. The molecular weight excluding hydrogens is 274 g/mol. The Bertz CT molecular complexity index is 598. The molecule has 0 aromatic heterocycles. The fourth-order valence-electron chi connectivity index (χ4n) is 1.50. The van der Waals surface area contributed by atoms with Gasteiger partial charge in [-0.15, -0.1) is 0 Å². The van der Waals surface area contributed by atoms with Crippen LogP contribution in [0.3, 0.4) is 0 Å². The number of benzene rings is 1. The number of hydrogen-bond donors (Lipinski definition) is 2. The smallest absolute Gasteiger partial charge is 0.323 e. The van der Waals surface area contributed by atoms with E-state index in [9.17, 15) is 14.4 Å². The van der Waals surface area contributed by atoms with Crippen molar-refractivity contribution in [2.24, 2.45) is 5.73 Å². The summed E-state index contributed by atoms with van der Waals surface area (Å²) < 4.78 is 0. The van der Waals surface area contributed by atoms with E-state index in [2.05, 4.69) is 0 Å². The molecule has 21 heavy (non-hydrogen) atoms. The molecule has 7 nitrogen and oxygen atoms in total. The lowest BCUT2D eigenvalue weighted by atomic mass is 10.1. The molecule has 0 bridgehead atoms. The largest absolute Gasteiger partial charge is 0.480 e. The number of nitriles is 1. The monoisotopic (exact) mass is 287 g/mol. The van der Waals surface area contributed by atoms with Gasteiger partial charge in [0.1, 0.15) is 13.1 Å². The van der Waals surface area contributed by atoms with Gasteiger partial charge < -0.3 is 15.7 Å². The molecule has 0 unspecified atom stereocenters. The van der Waals surface area contributed by atoms with Crippen LogP contribution in [0.2, 0.25) is 0 Å². The number of nitrogens with zero attached hydrogens (tertiary/aromatic N) is 2. The average Bonchev–Trinajstić information content (AvgIpc) is 2.43. The highest BCUT2D eigenvalue weighted by Gasteiger charge is 2.16. The van der Waals surface area contributed by atoms with Crippen molar-refractivity contribution in [3.05, 3.63) is 41.5 Å². The fraction of sp³-hybridized carbons (Fsp3) is 0.143. The maximum Gasteiger partial charge on any atom is 0.323 e. The van der Waals surface area contributed by atoms with E-state index in [0.29, 0.717) is 11.1 Å². The first kappa shape index (κ1) is 15.9. The Balaban J connectivity index is 2.79. The van der Waals surface area contributed by atoms with Crippen molar-refractivity contribution in [1.82, 2.24) is 4.90 Å². The van der Waals surface area contributed by atoms with Gasteiger partial charge in [-0.05, 0) is 23.8 Å². The summed E-state index contributed by atoms with van der Waals surface area (Å²) in [6.07, 6.45) is 2.60. The van der Waals surface area contributed by atoms with E-state index >= 15 is 0 Å². The van der Waals surface area contributed by atoms with Crippen molar-refractivity contribution < 1.29 is 19.5 Å². The summed E-state index contributed by atoms with van der Waals surface area (Å²) in [6, 6.07) is 8.41. The molecule has 108 valence electrons. The molecule has 0 spiro atoms. The van der Waals surface area contributed by atoms with Crippen molar-refractivity contribution in [2.45, 2.75) is 0 Å². The average molecular weight is 287 g/mol. The Morgan fingerprint density at radius 3 is 2.33 bits per heavy atom. The number of carbonyl (C=O) groups excluding carboxylic acids is 2. The second-order valence-corrected chi connectivity index (χ2v) is 4.12. The zero-order chi connectivity index (χ0) is 15.8. The van der Waals surface area contributed by atoms with Crippen LogP contribution >= 0.6 is 0 Å². The van der Waals surface area contributed by atoms with Gasteiger partial charge in [-0.2, -0.15) is 5.26 Å². The maximum absolute atomic E-state index is 11.8. The number of carboxylic acid groups (broad SMARTS) is 1. The third kappa shape index (κ3) is 5.57. The topological polar surface area (TPSA) is 124 Å². The van der Waals surface area contributed by atoms with Crippen LogP contribution in [-0.2, 0) is 14.4 Å². The van der Waals surface area contributed by atoms with Gasteiger partial charge in [0.2, 0.25) is 11.8 Å². The van der Waals surface area contributed by atoms with E-state index < -0.39 is 30.9 Å². The Morgan fingerprint density at radius 1 is 1.24 bits per heavy atom. The van der Waals surface area contributed by atoms with E-state index in [-0.39, 0.29) is 0 Å². The first-order valence-electron chi connectivity index (χ1n) is 5.89. The normalized spacial score (nSPS) is 10.0. The molecule has 0 radical (unpaired) electrons. The van der Waals surface area contributed by atoms with Crippen LogP contribution in [0.25, 0.3) is 6.08 Å². The number of nitrogens with two attached hydrogens (primary N) is 1. The van der Waals surface area contributed by atoms with Crippen LogP contribution in [0.5, 0.6) is 0 Å². The van der Waals surface area contributed by atoms with Gasteiger partial charge in [-0.1, -0.05) is 12.1 Å². The van der Waals surface area contributed by atoms with Crippen LogP contribution in [0.4, 0.5) is 0 Å². The molecule has 0 fully saturated rings. The Labute approximate surface area is 120 Å². The Hall–Kier alpha value is -3.14. The van der Waals surface area contributed by atoms with Crippen LogP contribution in [-0.4, -0.2) is 40.9 Å². The molecule has 1 aromatic rings. The predicted molar refractivity (Wildman–Crippen MR) is 73.6 cm³/mol. The van der Waals surface area contributed by atoms with E-state index in [0.717, 1.165) is 11.0 Å². The molecule has 0 heterocycles. The summed E-state index contributed by atoms with van der Waals surface area (Å²) in [7, 11) is 0. The molecule has 1 aromatic carbocycles. The number of hydrogen-bond acceptors (Lipinski definition) is 4. The molecule has 7 heteroatoms. The molecule has 0 saturated heterocycles. The third-order valence-electron chi connectivity index (χ3n) is 2.44. The molecule has 3 N–H and O–H groups in total. The minimum absolute atomic E-state index is 0.469. The number of rotatable bonds is 6. The molecule has 0 saturated carbocycles. The number of amides is 2. The van der Waals surface area contributed by atoms with E-state index in [1.807, 2.05) is 6.07 Å². The number of carbonyl (C=O) groups is 3. The molecule has 2 amide bonds. The molecule has 0 aliphatic rings. The van der Waals surface area contributed by atoms with Gasteiger partial charge >= 0.3 is 5.97 Å². The third-order valence-corrected chi connectivity index (χ3v) is 2.44. The number of carboxylic acids is 1. The zero-order valence-corrected chi connectivity index (χ0v) is 11.0. The molecule has 0 atom stereocenters. The second kappa shape index (κ2) is 7.45. The Kier molecular flexibility index (Phi) is 5.65. The Morgan fingerprint density at radius 2 is 1.86 bits per heavy atom. The minimum Gasteiger partial charge on any atom is -0.480 e. The standard InChI is InChI=1S/C14H13N3O4/c15-7-11-3-1-10(2-4-11)5-6-13(19)17(8-12(16)18)9-14(20)21/h1-6H,8-9H2,(H2,16,18)(H,20,21)/b6-5+. The van der Waals surface area contributed by atoms with Crippen molar-refractivity contribution in [2.75, 3.05) is 13.1 Å². The SMILES string of the molecule is N#Cc1ccc(/C=C/C(=O)N(CC(N)=O)CC(=O)O)cc1. The first-order chi connectivity index (χ1) is 9.92. The van der Waals surface area contributed by atoms with Crippen molar-refractivity contribution in [3.63, 3.8) is 0 Å².